The Bertz CT molecular complexity index is 670. The van der Waals surface area contributed by atoms with Crippen LogP contribution in [0.2, 0.25) is 0 Å². The van der Waals surface area contributed by atoms with Gasteiger partial charge in [0.1, 0.15) is 11.5 Å². The third-order valence-corrected chi connectivity index (χ3v) is 1.93. The van der Waals surface area contributed by atoms with Gasteiger partial charge in [-0.25, -0.2) is 8.42 Å². The van der Waals surface area contributed by atoms with E-state index in [1.165, 1.54) is 0 Å². The Kier molecular flexibility index (Phi) is 5.61. The number of rotatable bonds is 2. The van der Waals surface area contributed by atoms with Gasteiger partial charge >= 0.3 is 5.69 Å². The van der Waals surface area contributed by atoms with Gasteiger partial charge < -0.3 is 9.29 Å². The van der Waals surface area contributed by atoms with Gasteiger partial charge in [0, 0.05) is 12.1 Å². The fourth-order valence-electron chi connectivity index (χ4n) is 1.21. The first-order valence-electron chi connectivity index (χ1n) is 5.25. The van der Waals surface area contributed by atoms with E-state index in [4.69, 9.17) is 27.7 Å². The maximum absolute atomic E-state index is 8.63. The molecular weight excluding hydrogens is 284 g/mol. The molecule has 0 spiro atoms. The summed E-state index contributed by atoms with van der Waals surface area (Å²) in [5.74, 6) is 1.50. The lowest BCUT2D eigenvalue weighted by Crippen LogP contribution is -1.90. The molecule has 2 aromatic rings. The van der Waals surface area contributed by atoms with Crippen molar-refractivity contribution in [3.63, 3.8) is 0 Å². The standard InChI is InChI=1S/C12H9N2O.H2O4S/c13-14-10-6-8-12(9-7-10)15-11-4-2-1-3-5-11;1-5(2,3)4/h1-9H;(H2,1,2,3,4)/q+1;/p-1. The van der Waals surface area contributed by atoms with Crippen molar-refractivity contribution >= 4 is 16.1 Å². The average molecular weight is 294 g/mol. The highest BCUT2D eigenvalue weighted by Crippen LogP contribution is 2.23. The lowest BCUT2D eigenvalue weighted by molar-refractivity contribution is 0.366. The van der Waals surface area contributed by atoms with Crippen LogP contribution < -0.4 is 4.74 Å². The molecule has 104 valence electrons. The van der Waals surface area contributed by atoms with Gasteiger partial charge in [-0.15, -0.1) is 0 Å². The van der Waals surface area contributed by atoms with Gasteiger partial charge in [-0.1, -0.05) is 18.2 Å². The van der Waals surface area contributed by atoms with Crippen LogP contribution in [0.5, 0.6) is 11.5 Å². The van der Waals surface area contributed by atoms with Gasteiger partial charge in [0.25, 0.3) is 0 Å². The van der Waals surface area contributed by atoms with Crippen molar-refractivity contribution in [2.75, 3.05) is 0 Å². The van der Waals surface area contributed by atoms with Crippen LogP contribution in [0.1, 0.15) is 0 Å². The van der Waals surface area contributed by atoms with E-state index in [1.807, 2.05) is 30.3 Å². The molecule has 0 saturated carbocycles. The van der Waals surface area contributed by atoms with Crippen LogP contribution >= 0.6 is 0 Å². The second-order valence-corrected chi connectivity index (χ2v) is 4.29. The highest BCUT2D eigenvalue weighted by atomic mass is 32.3. The normalized spacial score (nSPS) is 9.85. The number of nitrogens with zero attached hydrogens (tertiary/aromatic N) is 2. The lowest BCUT2D eigenvalue weighted by atomic mass is 10.3. The second-order valence-electron chi connectivity index (χ2n) is 3.44. The smallest absolute Gasteiger partial charge is 0.385 e. The highest BCUT2D eigenvalue weighted by molar-refractivity contribution is 7.79. The largest absolute Gasteiger partial charge is 0.726 e. The van der Waals surface area contributed by atoms with E-state index in [0.717, 1.165) is 5.75 Å². The van der Waals surface area contributed by atoms with Crippen LogP contribution in [0.4, 0.5) is 5.69 Å². The fraction of sp³-hybridized carbons (Fsp3) is 0. The molecule has 0 fully saturated rings. The first-order chi connectivity index (χ1) is 9.38. The molecule has 0 saturated heterocycles. The van der Waals surface area contributed by atoms with Crippen molar-refractivity contribution in [3.8, 4) is 11.5 Å². The molecule has 0 unspecified atom stereocenters. The average Bonchev–Trinajstić information content (AvgIpc) is 2.39. The Labute approximate surface area is 115 Å². The molecular formula is C12H10N2O5S. The molecule has 0 atom stereocenters. The van der Waals surface area contributed by atoms with Gasteiger partial charge in [0.15, 0.2) is 4.98 Å². The second kappa shape index (κ2) is 7.20. The van der Waals surface area contributed by atoms with Crippen LogP contribution in [0, 0.1) is 5.39 Å². The Balaban J connectivity index is 0.000000347. The SMILES string of the molecule is N#[N+]c1ccc(Oc2ccccc2)cc1.O=S(=O)([O-])O. The predicted molar refractivity (Wildman–Crippen MR) is 70.0 cm³/mol. The van der Waals surface area contributed by atoms with Crippen molar-refractivity contribution in [1.82, 2.24) is 0 Å². The van der Waals surface area contributed by atoms with Gasteiger partial charge in [0.2, 0.25) is 15.8 Å². The summed E-state index contributed by atoms with van der Waals surface area (Å²) in [6.07, 6.45) is 0. The van der Waals surface area contributed by atoms with Crippen LogP contribution in [0.15, 0.2) is 54.6 Å². The maximum atomic E-state index is 8.63. The molecule has 0 aromatic heterocycles. The topological polar surface area (TPSA) is 115 Å². The summed E-state index contributed by atoms with van der Waals surface area (Å²) in [7, 11) is -4.92. The van der Waals surface area contributed by atoms with E-state index >= 15 is 0 Å². The minimum Gasteiger partial charge on any atom is -0.726 e. The molecule has 0 radical (unpaired) electrons. The number of ether oxygens (including phenoxy) is 1. The summed E-state index contributed by atoms with van der Waals surface area (Å²) in [4.78, 5) is 3.06. The molecule has 0 aliphatic carbocycles. The zero-order chi connectivity index (χ0) is 15.0. The number of hydrogen-bond acceptors (Lipinski definition) is 5. The van der Waals surface area contributed by atoms with E-state index in [-0.39, 0.29) is 0 Å². The first-order valence-corrected chi connectivity index (χ1v) is 6.61. The third-order valence-electron chi connectivity index (χ3n) is 1.93. The Morgan fingerprint density at radius 2 is 1.45 bits per heavy atom. The summed E-state index contributed by atoms with van der Waals surface area (Å²) in [6, 6.07) is 16.4. The van der Waals surface area contributed by atoms with Gasteiger partial charge in [-0.05, 0) is 24.3 Å². The predicted octanol–water partition coefficient (Wildman–Crippen LogP) is 2.97. The van der Waals surface area contributed by atoms with Crippen molar-refractivity contribution in [1.29, 1.82) is 5.39 Å². The van der Waals surface area contributed by atoms with Crippen molar-refractivity contribution in [2.24, 2.45) is 0 Å². The Morgan fingerprint density at radius 3 is 1.90 bits per heavy atom. The zero-order valence-corrected chi connectivity index (χ0v) is 10.9. The summed E-state index contributed by atoms with van der Waals surface area (Å²) >= 11 is 0. The van der Waals surface area contributed by atoms with Crippen molar-refractivity contribution in [2.45, 2.75) is 0 Å². The third kappa shape index (κ3) is 7.07. The molecule has 0 aliphatic heterocycles. The lowest BCUT2D eigenvalue weighted by Gasteiger charge is -2.03. The molecule has 1 N–H and O–H groups in total. The minimum absolute atomic E-state index is 0.510. The molecule has 2 rings (SSSR count). The summed E-state index contributed by atoms with van der Waals surface area (Å²) in [5.41, 5.74) is 0.510. The van der Waals surface area contributed by atoms with E-state index in [9.17, 15) is 0 Å². The van der Waals surface area contributed by atoms with Crippen LogP contribution in [0.3, 0.4) is 0 Å². The van der Waals surface area contributed by atoms with Crippen LogP contribution in [0.25, 0.3) is 4.98 Å². The summed E-state index contributed by atoms with van der Waals surface area (Å²) in [6.45, 7) is 0. The zero-order valence-electron chi connectivity index (χ0n) is 10.1. The maximum Gasteiger partial charge on any atom is 0.385 e. The van der Waals surface area contributed by atoms with Gasteiger partial charge in [-0.3, -0.25) is 4.55 Å². The number of diazo groups is 1. The summed E-state index contributed by atoms with van der Waals surface area (Å²) in [5, 5.41) is 8.50. The molecule has 7 nitrogen and oxygen atoms in total. The minimum atomic E-state index is -4.92. The first kappa shape index (κ1) is 15.6. The van der Waals surface area contributed by atoms with Crippen LogP contribution in [-0.4, -0.2) is 17.5 Å². The van der Waals surface area contributed by atoms with Gasteiger partial charge in [-0.2, -0.15) is 0 Å². The Morgan fingerprint density at radius 1 is 1.00 bits per heavy atom. The molecule has 0 heterocycles. The van der Waals surface area contributed by atoms with Crippen molar-refractivity contribution in [3.05, 3.63) is 59.6 Å². The summed E-state index contributed by atoms with van der Waals surface area (Å²) < 4.78 is 38.4. The van der Waals surface area contributed by atoms with Crippen molar-refractivity contribution < 1.29 is 22.3 Å². The van der Waals surface area contributed by atoms with E-state index < -0.39 is 10.4 Å². The molecule has 20 heavy (non-hydrogen) atoms. The van der Waals surface area contributed by atoms with E-state index in [1.54, 1.807) is 24.3 Å². The molecule has 0 amide bonds. The molecule has 2 aromatic carbocycles. The molecule has 8 heteroatoms. The van der Waals surface area contributed by atoms with Gasteiger partial charge in [0.05, 0.1) is 0 Å². The van der Waals surface area contributed by atoms with Crippen LogP contribution in [-0.2, 0) is 10.4 Å². The molecule has 0 bridgehead atoms. The Hall–Kier alpha value is -2.47. The van der Waals surface area contributed by atoms with E-state index in [0.29, 0.717) is 11.4 Å². The molecule has 0 aliphatic rings. The monoisotopic (exact) mass is 294 g/mol. The fourth-order valence-corrected chi connectivity index (χ4v) is 1.21. The van der Waals surface area contributed by atoms with E-state index in [2.05, 4.69) is 4.98 Å². The highest BCUT2D eigenvalue weighted by Gasteiger charge is 2.03. The number of benzene rings is 2. The number of para-hydroxylation sites is 1. The quantitative estimate of drug-likeness (QED) is 0.517. The number of hydrogen-bond donors (Lipinski definition) is 1.